The molecule has 0 aliphatic rings. The van der Waals surface area contributed by atoms with Crippen molar-refractivity contribution in [3.05, 3.63) is 0 Å². The van der Waals surface area contributed by atoms with E-state index in [1.165, 1.54) is 51.4 Å². The van der Waals surface area contributed by atoms with Crippen LogP contribution in [0.5, 0.6) is 0 Å². The van der Waals surface area contributed by atoms with Gasteiger partial charge in [0.25, 0.3) is 0 Å². The Bertz CT molecular complexity index is 388. The van der Waals surface area contributed by atoms with Crippen LogP contribution < -0.4 is 20.4 Å². The Morgan fingerprint density at radius 3 is 1.00 bits per heavy atom. The summed E-state index contributed by atoms with van der Waals surface area (Å²) in [5.74, 6) is 1.27. The van der Waals surface area contributed by atoms with Crippen LogP contribution in [-0.2, 0) is 7.58 Å². The average Bonchev–Trinajstić information content (AvgIpc) is 2.96. The molecule has 0 aromatic heterocycles. The molecule has 6 unspecified atom stereocenters. The summed E-state index contributed by atoms with van der Waals surface area (Å²) in [5.41, 5.74) is 0. The predicted molar refractivity (Wildman–Crippen MR) is 165 cm³/mol. The van der Waals surface area contributed by atoms with Gasteiger partial charge in [0.1, 0.15) is 0 Å². The number of hydrogen-bond acceptors (Lipinski definition) is 6. The van der Waals surface area contributed by atoms with E-state index in [9.17, 15) is 20.4 Å². The van der Waals surface area contributed by atoms with Crippen LogP contribution in [0.4, 0.5) is 0 Å². The molecule has 0 aromatic carbocycles. The van der Waals surface area contributed by atoms with Crippen molar-refractivity contribution in [2.24, 2.45) is 23.7 Å². The zero-order valence-electron chi connectivity index (χ0n) is 27.8. The molecule has 0 spiro atoms. The molecule has 0 bridgehead atoms. The van der Waals surface area contributed by atoms with Crippen LogP contribution in [0, 0.1) is 23.7 Å². The van der Waals surface area contributed by atoms with E-state index < -0.39 is 12.2 Å². The van der Waals surface area contributed by atoms with E-state index in [0.29, 0.717) is 12.8 Å². The molecule has 6 atom stereocenters. The van der Waals surface area contributed by atoms with Crippen molar-refractivity contribution >= 4 is 33.2 Å². The third-order valence-electron chi connectivity index (χ3n) is 7.43. The maximum absolute atomic E-state index is 11.1. The first kappa shape index (κ1) is 47.7. The molecule has 0 aliphatic heterocycles. The molecule has 0 rings (SSSR count). The second-order valence-corrected chi connectivity index (χ2v) is 11.5. The minimum atomic E-state index is -0.618. The van der Waals surface area contributed by atoms with Crippen LogP contribution in [0.2, 0.25) is 0 Å². The summed E-state index contributed by atoms with van der Waals surface area (Å²) >= 11 is 4.64. The fourth-order valence-electron chi connectivity index (χ4n) is 4.08. The van der Waals surface area contributed by atoms with Gasteiger partial charge in [-0.1, -0.05) is 78.1 Å². The van der Waals surface area contributed by atoms with Crippen molar-refractivity contribution < 1.29 is 28.0 Å². The average molecular weight is 601 g/mol. The molecule has 6 nitrogen and oxygen atoms in total. The zero-order valence-corrected chi connectivity index (χ0v) is 30.1. The molecular formula is C32H66Al2O6. The molecule has 236 valence electrons. The van der Waals surface area contributed by atoms with Crippen LogP contribution in [0.1, 0.15) is 145 Å². The van der Waals surface area contributed by atoms with Crippen molar-refractivity contribution in [1.82, 2.24) is 0 Å². The molecule has 0 saturated heterocycles. The Morgan fingerprint density at radius 2 is 0.825 bits per heavy atom. The molecule has 0 N–H and O–H groups in total. The van der Waals surface area contributed by atoms with Gasteiger partial charge in [0.2, 0.25) is 0 Å². The Morgan fingerprint density at radius 1 is 0.500 bits per heavy atom. The number of rotatable bonds is 22. The van der Waals surface area contributed by atoms with Crippen molar-refractivity contribution in [3.8, 4) is 0 Å². The molecule has 40 heavy (non-hydrogen) atoms. The predicted octanol–water partition coefficient (Wildman–Crippen LogP) is 4.41. The van der Waals surface area contributed by atoms with Crippen LogP contribution in [0.3, 0.4) is 0 Å². The Hall–Kier alpha value is 0.825. The Labute approximate surface area is 267 Å². The Balaban J connectivity index is -0.000000216. The van der Waals surface area contributed by atoms with Crippen LogP contribution in [-0.4, -0.2) is 71.9 Å². The second-order valence-electron chi connectivity index (χ2n) is 10.8. The first-order chi connectivity index (χ1) is 19.2. The van der Waals surface area contributed by atoms with Gasteiger partial charge < -0.3 is 20.4 Å². The van der Waals surface area contributed by atoms with E-state index in [-0.39, 0.29) is 25.0 Å². The van der Waals surface area contributed by atoms with E-state index in [0.717, 1.165) is 50.7 Å². The molecule has 0 saturated carbocycles. The summed E-state index contributed by atoms with van der Waals surface area (Å²) in [7, 11) is 0. The molecule has 0 radical (unpaired) electrons. The van der Waals surface area contributed by atoms with Gasteiger partial charge in [-0.25, -0.2) is 0 Å². The fraction of sp³-hybridized carbons (Fsp3) is 1.00. The number of hydrogen-bond donors (Lipinski definition) is 0. The molecule has 0 aromatic rings. The third kappa shape index (κ3) is 33.3. The minimum absolute atomic E-state index is 0.139. The van der Waals surface area contributed by atoms with Crippen LogP contribution >= 0.6 is 0 Å². The Kier molecular flexibility index (Phi) is 47.5. The van der Waals surface area contributed by atoms with Gasteiger partial charge in [0.15, 0.2) is 0 Å². The van der Waals surface area contributed by atoms with Gasteiger partial charge in [-0.05, 0) is 0 Å². The summed E-state index contributed by atoms with van der Waals surface area (Å²) in [5, 5.41) is 42.9. The second kappa shape index (κ2) is 39.8. The molecule has 0 amide bonds. The van der Waals surface area contributed by atoms with Crippen molar-refractivity contribution in [2.75, 3.05) is 26.4 Å². The van der Waals surface area contributed by atoms with Crippen molar-refractivity contribution in [1.29, 1.82) is 0 Å². The SMILES string of the molecule is CCCC([O-])C(CC)C[O-].CCCC([O-])C(CC)C[O-].CCCCC(CC)C[O][Al+2].CCCCC(CC)C[O][Al+2]. The fourth-order valence-corrected chi connectivity index (χ4v) is 4.63. The van der Waals surface area contributed by atoms with E-state index in [1.54, 1.807) is 0 Å². The summed E-state index contributed by atoms with van der Waals surface area (Å²) in [4.78, 5) is 0. The topological polar surface area (TPSA) is 111 Å². The van der Waals surface area contributed by atoms with Gasteiger partial charge >= 0.3 is 145 Å². The summed E-state index contributed by atoms with van der Waals surface area (Å²) in [6.45, 7) is 18.1. The molecule has 0 fully saturated rings. The zero-order chi connectivity index (χ0) is 31.6. The van der Waals surface area contributed by atoms with Gasteiger partial charge in [-0.2, -0.15) is 0 Å². The maximum atomic E-state index is 11.1. The van der Waals surface area contributed by atoms with E-state index in [2.05, 4.69) is 60.9 Å². The normalized spacial score (nSPS) is 15.2. The van der Waals surface area contributed by atoms with Crippen molar-refractivity contribution in [3.63, 3.8) is 0 Å². The van der Waals surface area contributed by atoms with Crippen molar-refractivity contribution in [2.45, 2.75) is 157 Å². The first-order valence-electron chi connectivity index (χ1n) is 16.3. The molecule has 0 aliphatic carbocycles. The monoisotopic (exact) mass is 600 g/mol. The van der Waals surface area contributed by atoms with Gasteiger partial charge in [-0.15, -0.1) is 25.4 Å². The van der Waals surface area contributed by atoms with E-state index in [4.69, 9.17) is 7.58 Å². The summed E-state index contributed by atoms with van der Waals surface area (Å²) < 4.78 is 10.0. The van der Waals surface area contributed by atoms with Crippen LogP contribution in [0.25, 0.3) is 0 Å². The van der Waals surface area contributed by atoms with Gasteiger partial charge in [0.05, 0.1) is 0 Å². The first-order valence-corrected chi connectivity index (χ1v) is 17.3. The summed E-state index contributed by atoms with van der Waals surface area (Å²) in [6, 6.07) is 0. The molecule has 0 heterocycles. The molecule has 8 heteroatoms. The quantitative estimate of drug-likeness (QED) is 0.170. The third-order valence-corrected chi connectivity index (χ3v) is 7.81. The number of unbranched alkanes of at least 4 members (excludes halogenated alkanes) is 2. The van der Waals surface area contributed by atoms with Gasteiger partial charge in [0, 0.05) is 0 Å². The van der Waals surface area contributed by atoms with Gasteiger partial charge in [-0.3, -0.25) is 0 Å². The van der Waals surface area contributed by atoms with E-state index in [1.807, 2.05) is 27.7 Å². The molecular weight excluding hydrogens is 534 g/mol. The standard InChI is InChI=1S/2C8H16O2.2C8H17O.2Al/c2*1-3-5-8(10)7(4-2)6-9;2*1-3-5-6-8(4-2)7-9;;/h2*7-8H,3-6H2,1-2H3;2*8H,3-7H2,1-2H3;;/q2*-2;2*-1;2*+3. The summed E-state index contributed by atoms with van der Waals surface area (Å²) in [6.07, 6.45) is 13.7. The van der Waals surface area contributed by atoms with E-state index >= 15 is 0 Å². The van der Waals surface area contributed by atoms with Crippen LogP contribution in [0.15, 0.2) is 0 Å².